The van der Waals surface area contributed by atoms with E-state index in [1.165, 1.54) is 11.3 Å². The lowest BCUT2D eigenvalue weighted by atomic mass is 10.2. The van der Waals surface area contributed by atoms with Crippen LogP contribution in [0.5, 0.6) is 11.5 Å². The summed E-state index contributed by atoms with van der Waals surface area (Å²) in [5, 5.41) is 0.711. The minimum Gasteiger partial charge on any atom is -0.454 e. The third kappa shape index (κ3) is 4.00. The quantitative estimate of drug-likeness (QED) is 0.597. The molecule has 2 heterocycles. The summed E-state index contributed by atoms with van der Waals surface area (Å²) in [4.78, 5) is 21.4. The molecule has 0 unspecified atom stereocenters. The summed E-state index contributed by atoms with van der Waals surface area (Å²) in [6.07, 6.45) is 3.37. The number of likely N-dealkylation sites (N-methyl/N-ethyl adjacent to an activating group) is 1. The van der Waals surface area contributed by atoms with Gasteiger partial charge in [0.15, 0.2) is 16.6 Å². The number of aromatic nitrogens is 1. The molecule has 0 radical (unpaired) electrons. The van der Waals surface area contributed by atoms with E-state index in [0.29, 0.717) is 17.4 Å². The van der Waals surface area contributed by atoms with E-state index in [1.807, 2.05) is 56.6 Å². The van der Waals surface area contributed by atoms with Gasteiger partial charge in [-0.1, -0.05) is 29.5 Å². The number of ether oxygens (including phenoxy) is 2. The molecule has 1 amide bonds. The SMILES string of the molecule is CN(C)CCN(C(=O)/C=C/c1ccc2c(c1)OCO2)c1nc2ccccc2s1. The summed E-state index contributed by atoms with van der Waals surface area (Å²) in [6, 6.07) is 13.5. The fourth-order valence-electron chi connectivity index (χ4n) is 2.85. The van der Waals surface area contributed by atoms with Crippen molar-refractivity contribution in [2.75, 3.05) is 38.9 Å². The van der Waals surface area contributed by atoms with E-state index in [1.54, 1.807) is 17.1 Å². The third-order valence-corrected chi connectivity index (χ3v) is 5.42. The van der Waals surface area contributed by atoms with Crippen LogP contribution in [-0.2, 0) is 4.79 Å². The van der Waals surface area contributed by atoms with Crippen LogP contribution in [0.4, 0.5) is 5.13 Å². The van der Waals surface area contributed by atoms with Gasteiger partial charge in [0.2, 0.25) is 6.79 Å². The van der Waals surface area contributed by atoms with Crippen LogP contribution in [0.3, 0.4) is 0 Å². The second kappa shape index (κ2) is 8.00. The zero-order valence-corrected chi connectivity index (χ0v) is 16.6. The van der Waals surface area contributed by atoms with Crippen LogP contribution >= 0.6 is 11.3 Å². The average molecular weight is 395 g/mol. The average Bonchev–Trinajstić information content (AvgIpc) is 3.32. The smallest absolute Gasteiger partial charge is 0.252 e. The van der Waals surface area contributed by atoms with Crippen molar-refractivity contribution in [1.82, 2.24) is 9.88 Å². The van der Waals surface area contributed by atoms with Crippen LogP contribution in [0.25, 0.3) is 16.3 Å². The first-order valence-electron chi connectivity index (χ1n) is 9.00. The van der Waals surface area contributed by atoms with Crippen LogP contribution in [-0.4, -0.2) is 49.8 Å². The number of thiazole rings is 1. The number of amides is 1. The van der Waals surface area contributed by atoms with Gasteiger partial charge in [-0.2, -0.15) is 0 Å². The highest BCUT2D eigenvalue weighted by Crippen LogP contribution is 2.33. The highest BCUT2D eigenvalue weighted by molar-refractivity contribution is 7.22. The standard InChI is InChI=1S/C21H21N3O3S/c1-23(2)11-12-24(21-22-16-5-3-4-6-19(16)28-21)20(25)10-8-15-7-9-17-18(13-15)27-14-26-17/h3-10,13H,11-12,14H2,1-2H3/b10-8+. The van der Waals surface area contributed by atoms with Crippen molar-refractivity contribution in [3.63, 3.8) is 0 Å². The van der Waals surface area contributed by atoms with Crippen molar-refractivity contribution >= 4 is 38.7 Å². The van der Waals surface area contributed by atoms with Crippen molar-refractivity contribution in [1.29, 1.82) is 0 Å². The Kier molecular flexibility index (Phi) is 5.27. The van der Waals surface area contributed by atoms with Gasteiger partial charge in [0.25, 0.3) is 5.91 Å². The molecule has 7 heteroatoms. The van der Waals surface area contributed by atoms with Gasteiger partial charge >= 0.3 is 0 Å². The van der Waals surface area contributed by atoms with Crippen molar-refractivity contribution in [2.45, 2.75) is 0 Å². The Morgan fingerprint density at radius 1 is 1.14 bits per heavy atom. The minimum atomic E-state index is -0.0985. The molecule has 0 fully saturated rings. The summed E-state index contributed by atoms with van der Waals surface area (Å²) in [7, 11) is 3.98. The van der Waals surface area contributed by atoms with Crippen molar-refractivity contribution in [3.8, 4) is 11.5 Å². The molecule has 28 heavy (non-hydrogen) atoms. The van der Waals surface area contributed by atoms with Crippen LogP contribution in [0.1, 0.15) is 5.56 Å². The molecular formula is C21H21N3O3S. The fourth-order valence-corrected chi connectivity index (χ4v) is 3.85. The van der Waals surface area contributed by atoms with Crippen LogP contribution in [0, 0.1) is 0 Å². The topological polar surface area (TPSA) is 54.9 Å². The molecule has 2 aromatic carbocycles. The Morgan fingerprint density at radius 3 is 2.79 bits per heavy atom. The van der Waals surface area contributed by atoms with E-state index in [0.717, 1.165) is 28.1 Å². The maximum atomic E-state index is 13.0. The van der Waals surface area contributed by atoms with Gasteiger partial charge in [-0.15, -0.1) is 0 Å². The zero-order valence-electron chi connectivity index (χ0n) is 15.8. The number of anilines is 1. The molecule has 0 bridgehead atoms. The van der Waals surface area contributed by atoms with Crippen LogP contribution in [0.2, 0.25) is 0 Å². The molecule has 0 spiro atoms. The fraction of sp³-hybridized carbons (Fsp3) is 0.238. The van der Waals surface area contributed by atoms with Gasteiger partial charge < -0.3 is 14.4 Å². The Morgan fingerprint density at radius 2 is 1.96 bits per heavy atom. The lowest BCUT2D eigenvalue weighted by Gasteiger charge is -2.20. The minimum absolute atomic E-state index is 0.0985. The predicted octanol–water partition coefficient (Wildman–Crippen LogP) is 3.63. The van der Waals surface area contributed by atoms with Crippen molar-refractivity contribution in [3.05, 3.63) is 54.1 Å². The molecule has 1 aromatic heterocycles. The van der Waals surface area contributed by atoms with Crippen molar-refractivity contribution in [2.24, 2.45) is 0 Å². The van der Waals surface area contributed by atoms with E-state index in [4.69, 9.17) is 9.47 Å². The summed E-state index contributed by atoms with van der Waals surface area (Å²) < 4.78 is 11.8. The summed E-state index contributed by atoms with van der Waals surface area (Å²) in [6.45, 7) is 1.55. The monoisotopic (exact) mass is 395 g/mol. The van der Waals surface area contributed by atoms with Gasteiger partial charge in [0.1, 0.15) is 0 Å². The predicted molar refractivity (Wildman–Crippen MR) is 112 cm³/mol. The number of benzene rings is 2. The largest absolute Gasteiger partial charge is 0.454 e. The first-order chi connectivity index (χ1) is 13.6. The molecular weight excluding hydrogens is 374 g/mol. The molecule has 144 valence electrons. The maximum Gasteiger partial charge on any atom is 0.252 e. The number of hydrogen-bond donors (Lipinski definition) is 0. The summed E-state index contributed by atoms with van der Waals surface area (Å²) in [5.41, 5.74) is 1.79. The van der Waals surface area contributed by atoms with E-state index in [9.17, 15) is 4.79 Å². The van der Waals surface area contributed by atoms with E-state index >= 15 is 0 Å². The highest BCUT2D eigenvalue weighted by Gasteiger charge is 2.18. The van der Waals surface area contributed by atoms with E-state index in [2.05, 4.69) is 9.88 Å². The molecule has 3 aromatic rings. The van der Waals surface area contributed by atoms with Gasteiger partial charge in [-0.05, 0) is 50.0 Å². The number of carbonyl (C=O) groups excluding carboxylic acids is 1. The second-order valence-electron chi connectivity index (χ2n) is 6.70. The second-order valence-corrected chi connectivity index (χ2v) is 7.71. The van der Waals surface area contributed by atoms with Crippen LogP contribution < -0.4 is 14.4 Å². The molecule has 4 rings (SSSR count). The highest BCUT2D eigenvalue weighted by atomic mass is 32.1. The van der Waals surface area contributed by atoms with Gasteiger partial charge in [-0.25, -0.2) is 4.98 Å². The van der Waals surface area contributed by atoms with E-state index in [-0.39, 0.29) is 12.7 Å². The maximum absolute atomic E-state index is 13.0. The molecule has 1 aliphatic heterocycles. The molecule has 6 nitrogen and oxygen atoms in total. The number of hydrogen-bond acceptors (Lipinski definition) is 6. The molecule has 1 aliphatic rings. The first kappa shape index (κ1) is 18.5. The Bertz CT molecular complexity index is 996. The Balaban J connectivity index is 1.57. The zero-order chi connectivity index (χ0) is 19.5. The summed E-state index contributed by atoms with van der Waals surface area (Å²) in [5.74, 6) is 1.33. The molecule has 0 saturated carbocycles. The first-order valence-corrected chi connectivity index (χ1v) is 9.81. The number of rotatable bonds is 6. The molecule has 0 aliphatic carbocycles. The number of para-hydroxylation sites is 1. The number of nitrogens with zero attached hydrogens (tertiary/aromatic N) is 3. The summed E-state index contributed by atoms with van der Waals surface area (Å²) >= 11 is 1.53. The van der Waals surface area contributed by atoms with Crippen molar-refractivity contribution < 1.29 is 14.3 Å². The molecule has 0 saturated heterocycles. The normalized spacial score (nSPS) is 13.0. The van der Waals surface area contributed by atoms with Crippen LogP contribution in [0.15, 0.2) is 48.5 Å². The van der Waals surface area contributed by atoms with E-state index < -0.39 is 0 Å². The number of carbonyl (C=O) groups is 1. The Labute approximate surface area is 167 Å². The molecule has 0 N–H and O–H groups in total. The number of fused-ring (bicyclic) bond motifs is 2. The third-order valence-electron chi connectivity index (χ3n) is 4.37. The lowest BCUT2D eigenvalue weighted by Crippen LogP contribution is -2.35. The molecule has 0 atom stereocenters. The Hall–Kier alpha value is -2.90. The van der Waals surface area contributed by atoms with Gasteiger partial charge in [-0.3, -0.25) is 9.69 Å². The lowest BCUT2D eigenvalue weighted by molar-refractivity contribution is -0.114. The van der Waals surface area contributed by atoms with Gasteiger partial charge in [0.05, 0.1) is 10.2 Å². The van der Waals surface area contributed by atoms with Gasteiger partial charge in [0, 0.05) is 19.2 Å².